The lowest BCUT2D eigenvalue weighted by Crippen LogP contribution is -2.31. The van der Waals surface area contributed by atoms with Crippen molar-refractivity contribution in [2.24, 2.45) is 5.92 Å². The molecule has 2 atom stereocenters. The zero-order valence-electron chi connectivity index (χ0n) is 14.3. The van der Waals surface area contributed by atoms with Crippen molar-refractivity contribution < 1.29 is 15.3 Å². The van der Waals surface area contributed by atoms with Crippen LogP contribution in [-0.4, -0.2) is 20.9 Å². The molecule has 0 saturated heterocycles. The van der Waals surface area contributed by atoms with Gasteiger partial charge >= 0.3 is 0 Å². The molecule has 0 aliphatic carbocycles. The highest BCUT2D eigenvalue weighted by Gasteiger charge is 2.26. The molecule has 0 aromatic heterocycles. The molecule has 0 heterocycles. The van der Waals surface area contributed by atoms with Gasteiger partial charge in [-0.2, -0.15) is 0 Å². The van der Waals surface area contributed by atoms with Crippen molar-refractivity contribution in [3.63, 3.8) is 0 Å². The number of rotatable bonds is 3. The summed E-state index contributed by atoms with van der Waals surface area (Å²) in [5, 5.41) is 31.0. The van der Waals surface area contributed by atoms with E-state index in [0.29, 0.717) is 11.1 Å². The molecule has 0 saturated carbocycles. The van der Waals surface area contributed by atoms with Crippen LogP contribution in [0.5, 0.6) is 0 Å². The average Bonchev–Trinajstić information content (AvgIpc) is 2.65. The minimum atomic E-state index is -1.62. The molecular formula is C22H22O3. The third-order valence-corrected chi connectivity index (χ3v) is 3.87. The Hall–Kier alpha value is -2.56. The number of hydrogen-bond donors (Lipinski definition) is 3. The molecule has 0 aliphatic rings. The number of aliphatic hydroxyl groups is 3. The van der Waals surface area contributed by atoms with E-state index < -0.39 is 17.8 Å². The highest BCUT2D eigenvalue weighted by Crippen LogP contribution is 2.18. The molecule has 0 amide bonds. The van der Waals surface area contributed by atoms with Crippen LogP contribution in [0.1, 0.15) is 37.2 Å². The second kappa shape index (κ2) is 8.51. The predicted octanol–water partition coefficient (Wildman–Crippen LogP) is 2.85. The third-order valence-electron chi connectivity index (χ3n) is 3.87. The standard InChI is InChI=1S/C22H22O3/c1-17(2)22(25,15-13-20(23)18-9-5-3-6-10-18)16-14-21(24)19-11-7-4-8-12-19/h3-12,17,20-21,23-25H,1-2H3. The van der Waals surface area contributed by atoms with Crippen LogP contribution < -0.4 is 0 Å². The first-order valence-corrected chi connectivity index (χ1v) is 8.16. The quantitative estimate of drug-likeness (QED) is 0.757. The maximum atomic E-state index is 10.7. The third kappa shape index (κ3) is 5.21. The summed E-state index contributed by atoms with van der Waals surface area (Å²) in [4.78, 5) is 0. The summed E-state index contributed by atoms with van der Waals surface area (Å²) in [5.41, 5.74) is -0.317. The molecule has 0 aliphatic heterocycles. The smallest absolute Gasteiger partial charge is 0.189 e. The number of aliphatic hydroxyl groups excluding tert-OH is 2. The molecule has 0 radical (unpaired) electrons. The number of hydrogen-bond acceptors (Lipinski definition) is 3. The van der Waals surface area contributed by atoms with Crippen LogP contribution in [0.25, 0.3) is 0 Å². The molecule has 3 nitrogen and oxygen atoms in total. The molecule has 3 N–H and O–H groups in total. The summed E-state index contributed by atoms with van der Waals surface area (Å²) in [5.74, 6) is 10.4. The molecule has 2 rings (SSSR count). The number of benzene rings is 2. The van der Waals surface area contributed by atoms with E-state index in [1.54, 1.807) is 38.1 Å². The fourth-order valence-electron chi connectivity index (χ4n) is 2.11. The summed E-state index contributed by atoms with van der Waals surface area (Å²) >= 11 is 0. The SMILES string of the molecule is CC(C)C(O)(C#CC(O)c1ccccc1)C#CC(O)c1ccccc1. The molecule has 2 aromatic carbocycles. The normalized spacial score (nSPS) is 15.1. The zero-order chi connectivity index (χ0) is 18.3. The summed E-state index contributed by atoms with van der Waals surface area (Å²) in [6, 6.07) is 18.0. The van der Waals surface area contributed by atoms with E-state index in [0.717, 1.165) is 0 Å². The molecule has 25 heavy (non-hydrogen) atoms. The predicted molar refractivity (Wildman–Crippen MR) is 98.1 cm³/mol. The Kier molecular flexibility index (Phi) is 6.39. The van der Waals surface area contributed by atoms with Crippen LogP contribution in [0.3, 0.4) is 0 Å². The van der Waals surface area contributed by atoms with Crippen LogP contribution in [0.2, 0.25) is 0 Å². The Morgan fingerprint density at radius 1 is 0.720 bits per heavy atom. The van der Waals surface area contributed by atoms with E-state index in [4.69, 9.17) is 0 Å². The lowest BCUT2D eigenvalue weighted by Gasteiger charge is -2.20. The molecule has 0 spiro atoms. The maximum absolute atomic E-state index is 10.7. The Bertz CT molecular complexity index is 726. The molecule has 3 heteroatoms. The molecule has 2 unspecified atom stereocenters. The maximum Gasteiger partial charge on any atom is 0.189 e. The largest absolute Gasteiger partial charge is 0.376 e. The zero-order valence-corrected chi connectivity index (χ0v) is 14.3. The van der Waals surface area contributed by atoms with Gasteiger partial charge in [-0.05, 0) is 11.1 Å². The summed E-state index contributed by atoms with van der Waals surface area (Å²) < 4.78 is 0. The monoisotopic (exact) mass is 334 g/mol. The van der Waals surface area contributed by atoms with Gasteiger partial charge in [-0.3, -0.25) is 0 Å². The van der Waals surface area contributed by atoms with Crippen molar-refractivity contribution >= 4 is 0 Å². The van der Waals surface area contributed by atoms with Crippen LogP contribution in [-0.2, 0) is 0 Å². The van der Waals surface area contributed by atoms with Crippen molar-refractivity contribution in [2.75, 3.05) is 0 Å². The van der Waals surface area contributed by atoms with Gasteiger partial charge in [-0.15, -0.1) is 0 Å². The minimum absolute atomic E-state index is 0.293. The molecule has 2 aromatic rings. The van der Waals surface area contributed by atoms with Crippen molar-refractivity contribution in [3.05, 3.63) is 71.8 Å². The molecular weight excluding hydrogens is 312 g/mol. The highest BCUT2D eigenvalue weighted by atomic mass is 16.3. The van der Waals surface area contributed by atoms with Crippen molar-refractivity contribution in [1.82, 2.24) is 0 Å². The molecule has 128 valence electrons. The fraction of sp³-hybridized carbons (Fsp3) is 0.273. The van der Waals surface area contributed by atoms with Gasteiger partial charge in [0.2, 0.25) is 0 Å². The van der Waals surface area contributed by atoms with Gasteiger partial charge in [0.05, 0.1) is 0 Å². The van der Waals surface area contributed by atoms with E-state index in [2.05, 4.69) is 23.7 Å². The van der Waals surface area contributed by atoms with E-state index in [-0.39, 0.29) is 5.92 Å². The lowest BCUT2D eigenvalue weighted by atomic mass is 9.90. The first kappa shape index (κ1) is 18.8. The van der Waals surface area contributed by atoms with E-state index in [9.17, 15) is 15.3 Å². The van der Waals surface area contributed by atoms with Gasteiger partial charge in [0.25, 0.3) is 0 Å². The molecule has 0 bridgehead atoms. The van der Waals surface area contributed by atoms with Gasteiger partial charge < -0.3 is 15.3 Å². The second-order valence-corrected chi connectivity index (χ2v) is 6.09. The minimum Gasteiger partial charge on any atom is -0.376 e. The lowest BCUT2D eigenvalue weighted by molar-refractivity contribution is 0.110. The van der Waals surface area contributed by atoms with Crippen LogP contribution in [0.4, 0.5) is 0 Å². The van der Waals surface area contributed by atoms with Gasteiger partial charge in [-0.1, -0.05) is 98.2 Å². The fourth-order valence-corrected chi connectivity index (χ4v) is 2.11. The van der Waals surface area contributed by atoms with Crippen LogP contribution in [0, 0.1) is 29.6 Å². The first-order chi connectivity index (χ1) is 11.9. The summed E-state index contributed by atoms with van der Waals surface area (Å²) in [6.45, 7) is 3.57. The van der Waals surface area contributed by atoms with Gasteiger partial charge in [0, 0.05) is 5.92 Å². The van der Waals surface area contributed by atoms with E-state index in [1.807, 2.05) is 36.4 Å². The first-order valence-electron chi connectivity index (χ1n) is 8.16. The van der Waals surface area contributed by atoms with Gasteiger partial charge in [0.15, 0.2) is 5.60 Å². The average molecular weight is 334 g/mol. The summed E-state index contributed by atoms with van der Waals surface area (Å²) in [7, 11) is 0. The van der Waals surface area contributed by atoms with E-state index in [1.165, 1.54) is 0 Å². The summed E-state index contributed by atoms with van der Waals surface area (Å²) in [6.07, 6.45) is -2.01. The Morgan fingerprint density at radius 2 is 1.08 bits per heavy atom. The van der Waals surface area contributed by atoms with Crippen molar-refractivity contribution in [2.45, 2.75) is 31.7 Å². The van der Waals surface area contributed by atoms with Crippen molar-refractivity contribution in [1.29, 1.82) is 0 Å². The van der Waals surface area contributed by atoms with Gasteiger partial charge in [0.1, 0.15) is 12.2 Å². The Labute approximate surface area is 149 Å². The topological polar surface area (TPSA) is 60.7 Å². The second-order valence-electron chi connectivity index (χ2n) is 6.09. The van der Waals surface area contributed by atoms with Crippen LogP contribution in [0.15, 0.2) is 60.7 Å². The Balaban J connectivity index is 2.23. The molecule has 0 fully saturated rings. The van der Waals surface area contributed by atoms with Crippen LogP contribution >= 0.6 is 0 Å². The highest BCUT2D eigenvalue weighted by molar-refractivity contribution is 5.36. The van der Waals surface area contributed by atoms with Crippen molar-refractivity contribution in [3.8, 4) is 23.7 Å². The van der Waals surface area contributed by atoms with E-state index >= 15 is 0 Å². The van der Waals surface area contributed by atoms with Gasteiger partial charge in [-0.25, -0.2) is 0 Å². The Morgan fingerprint density at radius 3 is 1.40 bits per heavy atom.